The standard InChI is InChI=1S/C12H14N2OS/c1-3-7-14-10(4-6-13-14)11(15)12-9(2)5-8-16-12/h4-6,8H,3,7H2,1-2H3. The van der Waals surface area contributed by atoms with E-state index in [1.165, 1.54) is 11.3 Å². The lowest BCUT2D eigenvalue weighted by molar-refractivity contribution is 0.103. The van der Waals surface area contributed by atoms with Crippen LogP contribution in [0.15, 0.2) is 23.7 Å². The van der Waals surface area contributed by atoms with Crippen LogP contribution in [0.5, 0.6) is 0 Å². The zero-order valence-corrected chi connectivity index (χ0v) is 10.3. The van der Waals surface area contributed by atoms with Gasteiger partial charge in [-0.15, -0.1) is 11.3 Å². The van der Waals surface area contributed by atoms with E-state index in [0.29, 0.717) is 5.69 Å². The van der Waals surface area contributed by atoms with Gasteiger partial charge in [0, 0.05) is 12.7 Å². The van der Waals surface area contributed by atoms with Crippen LogP contribution in [0.4, 0.5) is 0 Å². The van der Waals surface area contributed by atoms with Crippen LogP contribution in [-0.4, -0.2) is 15.6 Å². The largest absolute Gasteiger partial charge is 0.286 e. The van der Waals surface area contributed by atoms with Crippen molar-refractivity contribution in [2.45, 2.75) is 26.8 Å². The van der Waals surface area contributed by atoms with E-state index in [-0.39, 0.29) is 5.78 Å². The Morgan fingerprint density at radius 3 is 2.94 bits per heavy atom. The van der Waals surface area contributed by atoms with E-state index < -0.39 is 0 Å². The number of nitrogens with zero attached hydrogens (tertiary/aromatic N) is 2. The lowest BCUT2D eigenvalue weighted by atomic mass is 10.2. The number of thiophene rings is 1. The highest BCUT2D eigenvalue weighted by atomic mass is 32.1. The second kappa shape index (κ2) is 4.61. The summed E-state index contributed by atoms with van der Waals surface area (Å²) in [5, 5.41) is 6.11. The summed E-state index contributed by atoms with van der Waals surface area (Å²) in [5.74, 6) is 0.0819. The molecule has 0 aliphatic rings. The van der Waals surface area contributed by atoms with Crippen molar-refractivity contribution in [1.82, 2.24) is 9.78 Å². The van der Waals surface area contributed by atoms with Crippen molar-refractivity contribution in [3.05, 3.63) is 39.8 Å². The Hall–Kier alpha value is -1.42. The van der Waals surface area contributed by atoms with Crippen molar-refractivity contribution in [3.63, 3.8) is 0 Å². The third-order valence-corrected chi connectivity index (χ3v) is 3.47. The Morgan fingerprint density at radius 1 is 1.50 bits per heavy atom. The van der Waals surface area contributed by atoms with E-state index in [1.807, 2.05) is 18.4 Å². The predicted octanol–water partition coefficient (Wildman–Crippen LogP) is 2.89. The van der Waals surface area contributed by atoms with Crippen LogP contribution < -0.4 is 0 Å². The molecule has 0 radical (unpaired) electrons. The Labute approximate surface area is 98.7 Å². The summed E-state index contributed by atoms with van der Waals surface area (Å²) >= 11 is 1.49. The van der Waals surface area contributed by atoms with E-state index in [2.05, 4.69) is 12.0 Å². The topological polar surface area (TPSA) is 34.9 Å². The van der Waals surface area contributed by atoms with Crippen LogP contribution in [0, 0.1) is 6.92 Å². The summed E-state index contributed by atoms with van der Waals surface area (Å²) in [6.45, 7) is 4.83. The van der Waals surface area contributed by atoms with Gasteiger partial charge >= 0.3 is 0 Å². The van der Waals surface area contributed by atoms with Gasteiger partial charge in [0.05, 0.1) is 4.88 Å². The molecule has 0 bridgehead atoms. The Balaban J connectivity index is 2.34. The molecule has 4 heteroatoms. The highest BCUT2D eigenvalue weighted by Crippen LogP contribution is 2.19. The third kappa shape index (κ3) is 1.93. The molecule has 0 atom stereocenters. The number of aryl methyl sites for hydroxylation is 2. The smallest absolute Gasteiger partial charge is 0.221 e. The maximum absolute atomic E-state index is 12.2. The fourth-order valence-corrected chi connectivity index (χ4v) is 2.51. The molecule has 0 unspecified atom stereocenters. The summed E-state index contributed by atoms with van der Waals surface area (Å²) in [5.41, 5.74) is 1.73. The molecule has 0 saturated heterocycles. The van der Waals surface area contributed by atoms with Gasteiger partial charge in [-0.25, -0.2) is 0 Å². The van der Waals surface area contributed by atoms with Gasteiger partial charge in [-0.1, -0.05) is 6.92 Å². The van der Waals surface area contributed by atoms with Crippen LogP contribution in [-0.2, 0) is 6.54 Å². The molecule has 0 N–H and O–H groups in total. The van der Waals surface area contributed by atoms with Crippen LogP contribution in [0.2, 0.25) is 0 Å². The van der Waals surface area contributed by atoms with Gasteiger partial charge in [0.1, 0.15) is 5.69 Å². The molecule has 0 saturated carbocycles. The van der Waals surface area contributed by atoms with Crippen molar-refractivity contribution < 1.29 is 4.79 Å². The van der Waals surface area contributed by atoms with Crippen LogP contribution in [0.3, 0.4) is 0 Å². The monoisotopic (exact) mass is 234 g/mol. The number of hydrogen-bond donors (Lipinski definition) is 0. The van der Waals surface area contributed by atoms with Gasteiger partial charge in [-0.2, -0.15) is 5.10 Å². The molecule has 16 heavy (non-hydrogen) atoms. The van der Waals surface area contributed by atoms with E-state index >= 15 is 0 Å². The number of ketones is 1. The molecule has 0 fully saturated rings. The van der Waals surface area contributed by atoms with Crippen molar-refractivity contribution in [3.8, 4) is 0 Å². The maximum atomic E-state index is 12.2. The molecule has 0 aliphatic carbocycles. The van der Waals surface area contributed by atoms with Gasteiger partial charge in [0.2, 0.25) is 5.78 Å². The minimum absolute atomic E-state index is 0.0819. The van der Waals surface area contributed by atoms with E-state index in [9.17, 15) is 4.79 Å². The Kier molecular flexibility index (Phi) is 3.19. The quantitative estimate of drug-likeness (QED) is 0.762. The predicted molar refractivity (Wildman–Crippen MR) is 65.0 cm³/mol. The summed E-state index contributed by atoms with van der Waals surface area (Å²) in [6.07, 6.45) is 2.66. The molecule has 0 spiro atoms. The van der Waals surface area contributed by atoms with Crippen molar-refractivity contribution in [1.29, 1.82) is 0 Å². The van der Waals surface area contributed by atoms with Gasteiger partial charge in [-0.3, -0.25) is 9.48 Å². The highest BCUT2D eigenvalue weighted by molar-refractivity contribution is 7.12. The number of rotatable bonds is 4. The summed E-state index contributed by atoms with van der Waals surface area (Å²) in [6, 6.07) is 3.76. The SMILES string of the molecule is CCCn1nccc1C(=O)c1sccc1C. The molecule has 3 nitrogen and oxygen atoms in total. The molecule has 0 aromatic carbocycles. The molecule has 0 amide bonds. The van der Waals surface area contributed by atoms with Gasteiger partial charge in [0.15, 0.2) is 0 Å². The zero-order valence-electron chi connectivity index (χ0n) is 9.43. The zero-order chi connectivity index (χ0) is 11.5. The first-order valence-electron chi connectivity index (χ1n) is 5.34. The molecular formula is C12H14N2OS. The Morgan fingerprint density at radius 2 is 2.31 bits per heavy atom. The van der Waals surface area contributed by atoms with Crippen LogP contribution in [0.25, 0.3) is 0 Å². The first-order chi connectivity index (χ1) is 7.74. The normalized spacial score (nSPS) is 10.6. The lowest BCUT2D eigenvalue weighted by Crippen LogP contribution is -2.11. The van der Waals surface area contributed by atoms with E-state index in [1.54, 1.807) is 16.9 Å². The molecule has 84 valence electrons. The van der Waals surface area contributed by atoms with Crippen molar-refractivity contribution >= 4 is 17.1 Å². The highest BCUT2D eigenvalue weighted by Gasteiger charge is 2.16. The summed E-state index contributed by atoms with van der Waals surface area (Å²) in [7, 11) is 0. The van der Waals surface area contributed by atoms with Gasteiger partial charge < -0.3 is 0 Å². The minimum atomic E-state index is 0.0819. The second-order valence-corrected chi connectivity index (χ2v) is 4.62. The van der Waals surface area contributed by atoms with Crippen LogP contribution in [0.1, 0.15) is 34.3 Å². The number of carbonyl (C=O) groups excluding carboxylic acids is 1. The van der Waals surface area contributed by atoms with Gasteiger partial charge in [-0.05, 0) is 36.4 Å². The maximum Gasteiger partial charge on any atom is 0.221 e. The third-order valence-electron chi connectivity index (χ3n) is 2.45. The van der Waals surface area contributed by atoms with Gasteiger partial charge in [0.25, 0.3) is 0 Å². The first-order valence-corrected chi connectivity index (χ1v) is 6.22. The minimum Gasteiger partial charge on any atom is -0.286 e. The Bertz CT molecular complexity index is 499. The van der Waals surface area contributed by atoms with Crippen molar-refractivity contribution in [2.24, 2.45) is 0 Å². The van der Waals surface area contributed by atoms with Crippen molar-refractivity contribution in [2.75, 3.05) is 0 Å². The average Bonchev–Trinajstić information content (AvgIpc) is 2.87. The molecule has 2 rings (SSSR count). The molecule has 2 heterocycles. The van der Waals surface area contributed by atoms with E-state index in [4.69, 9.17) is 0 Å². The number of aromatic nitrogens is 2. The fourth-order valence-electron chi connectivity index (χ4n) is 1.64. The molecule has 2 aromatic rings. The number of hydrogen-bond acceptors (Lipinski definition) is 3. The molecule has 0 aliphatic heterocycles. The first kappa shape index (κ1) is 11.1. The van der Waals surface area contributed by atoms with Crippen LogP contribution >= 0.6 is 11.3 Å². The van der Waals surface area contributed by atoms with E-state index in [0.717, 1.165) is 23.4 Å². The lowest BCUT2D eigenvalue weighted by Gasteiger charge is -2.04. The fraction of sp³-hybridized carbons (Fsp3) is 0.333. The summed E-state index contributed by atoms with van der Waals surface area (Å²) in [4.78, 5) is 13.1. The molecular weight excluding hydrogens is 220 g/mol. The summed E-state index contributed by atoms with van der Waals surface area (Å²) < 4.78 is 1.78. The molecule has 2 aromatic heterocycles. The number of carbonyl (C=O) groups is 1. The second-order valence-electron chi connectivity index (χ2n) is 3.70. The average molecular weight is 234 g/mol.